The van der Waals surface area contributed by atoms with Crippen molar-refractivity contribution in [2.75, 3.05) is 13.7 Å². The summed E-state index contributed by atoms with van der Waals surface area (Å²) in [4.78, 5) is 24.0. The van der Waals surface area contributed by atoms with Crippen LogP contribution in [0.1, 0.15) is 19.8 Å². The molecule has 0 spiro atoms. The first-order valence-corrected chi connectivity index (χ1v) is 5.79. The van der Waals surface area contributed by atoms with Crippen molar-refractivity contribution in [1.29, 1.82) is 0 Å². The minimum atomic E-state index is -0.324. The zero-order valence-electron chi connectivity index (χ0n) is 8.33. The Kier molecular flexibility index (Phi) is 4.15. The molecule has 0 unspecified atom stereocenters. The maximum atomic E-state index is 11.3. The highest BCUT2D eigenvalue weighted by Gasteiger charge is 2.36. The molecule has 80 valence electrons. The number of rotatable bonds is 2. The van der Waals surface area contributed by atoms with Crippen molar-refractivity contribution in [1.82, 2.24) is 4.90 Å². The number of carbonyl (C=O) groups excluding carboxylic acids is 2. The van der Waals surface area contributed by atoms with E-state index in [1.807, 2.05) is 0 Å². The fourth-order valence-corrected chi connectivity index (χ4v) is 2.61. The molecule has 14 heavy (non-hydrogen) atoms. The summed E-state index contributed by atoms with van der Waals surface area (Å²) in [7, 11) is 1.37. The maximum absolute atomic E-state index is 11.3. The van der Waals surface area contributed by atoms with Gasteiger partial charge in [0, 0.05) is 16.9 Å². The van der Waals surface area contributed by atoms with Crippen LogP contribution in [-0.2, 0) is 9.53 Å². The summed E-state index contributed by atoms with van der Waals surface area (Å²) < 4.78 is 5.02. The van der Waals surface area contributed by atoms with Crippen molar-refractivity contribution in [3.63, 3.8) is 0 Å². The second kappa shape index (κ2) is 4.95. The SMILES string of the molecule is COC(=O)N1CC[C@H](I)[C@H]1CC(C)=O. The molecule has 0 aromatic carbocycles. The third-order valence-electron chi connectivity index (χ3n) is 2.37. The van der Waals surface area contributed by atoms with Gasteiger partial charge < -0.3 is 9.64 Å². The van der Waals surface area contributed by atoms with Crippen LogP contribution in [0.3, 0.4) is 0 Å². The third-order valence-corrected chi connectivity index (χ3v) is 3.82. The number of halogens is 1. The Bertz CT molecular complexity index is 244. The fraction of sp³-hybridized carbons (Fsp3) is 0.778. The van der Waals surface area contributed by atoms with Crippen LogP contribution >= 0.6 is 22.6 Å². The second-order valence-corrected chi connectivity index (χ2v) is 5.04. The number of alkyl halides is 1. The van der Waals surface area contributed by atoms with Crippen LogP contribution in [0.25, 0.3) is 0 Å². The second-order valence-electron chi connectivity index (χ2n) is 3.44. The van der Waals surface area contributed by atoms with E-state index in [1.165, 1.54) is 7.11 Å². The van der Waals surface area contributed by atoms with Gasteiger partial charge in [0.25, 0.3) is 0 Å². The molecular formula is C9H14INO3. The van der Waals surface area contributed by atoms with Gasteiger partial charge in [0.05, 0.1) is 13.2 Å². The summed E-state index contributed by atoms with van der Waals surface area (Å²) in [5, 5.41) is 0. The lowest BCUT2D eigenvalue weighted by Crippen LogP contribution is -2.39. The van der Waals surface area contributed by atoms with Crippen molar-refractivity contribution in [2.24, 2.45) is 0 Å². The molecule has 1 rings (SSSR count). The number of amides is 1. The Morgan fingerprint density at radius 1 is 1.57 bits per heavy atom. The number of hydrogen-bond acceptors (Lipinski definition) is 3. The van der Waals surface area contributed by atoms with E-state index in [9.17, 15) is 9.59 Å². The lowest BCUT2D eigenvalue weighted by atomic mass is 10.1. The summed E-state index contributed by atoms with van der Waals surface area (Å²) in [5.41, 5.74) is 0. The standard InChI is InChI=1S/C9H14INO3/c1-6(12)5-8-7(10)3-4-11(8)9(13)14-2/h7-8H,3-5H2,1-2H3/t7-,8+/m0/s1. The molecule has 1 saturated heterocycles. The van der Waals surface area contributed by atoms with Crippen LogP contribution in [0.15, 0.2) is 0 Å². The number of carbonyl (C=O) groups is 2. The molecule has 1 aliphatic heterocycles. The smallest absolute Gasteiger partial charge is 0.409 e. The number of likely N-dealkylation sites (tertiary alicyclic amines) is 1. The molecule has 0 aromatic rings. The van der Waals surface area contributed by atoms with Crippen LogP contribution in [0, 0.1) is 0 Å². The monoisotopic (exact) mass is 311 g/mol. The Morgan fingerprint density at radius 2 is 2.21 bits per heavy atom. The minimum absolute atomic E-state index is 0.0144. The summed E-state index contributed by atoms with van der Waals surface area (Å²) in [6.07, 6.45) is 1.05. The maximum Gasteiger partial charge on any atom is 0.409 e. The number of hydrogen-bond donors (Lipinski definition) is 0. The van der Waals surface area contributed by atoms with E-state index < -0.39 is 0 Å². The molecule has 0 aromatic heterocycles. The van der Waals surface area contributed by atoms with Crippen molar-refractivity contribution in [3.8, 4) is 0 Å². The topological polar surface area (TPSA) is 46.6 Å². The van der Waals surface area contributed by atoms with Crippen LogP contribution in [0.2, 0.25) is 0 Å². The highest BCUT2D eigenvalue weighted by Crippen LogP contribution is 2.27. The number of ether oxygens (including phenoxy) is 1. The molecule has 0 N–H and O–H groups in total. The van der Waals surface area contributed by atoms with Crippen LogP contribution < -0.4 is 0 Å². The molecule has 5 heteroatoms. The van der Waals surface area contributed by atoms with Crippen LogP contribution in [0.4, 0.5) is 4.79 Å². The zero-order chi connectivity index (χ0) is 10.7. The van der Waals surface area contributed by atoms with E-state index in [2.05, 4.69) is 27.3 Å². The van der Waals surface area contributed by atoms with Crippen molar-refractivity contribution < 1.29 is 14.3 Å². The number of methoxy groups -OCH3 is 1. The van der Waals surface area contributed by atoms with E-state index in [0.29, 0.717) is 16.9 Å². The molecule has 0 saturated carbocycles. The number of Topliss-reactive ketones (excluding diaryl/α,β-unsaturated/α-hetero) is 1. The molecule has 0 bridgehead atoms. The van der Waals surface area contributed by atoms with Crippen LogP contribution in [-0.4, -0.2) is 40.4 Å². The number of ketones is 1. The zero-order valence-corrected chi connectivity index (χ0v) is 10.5. The van der Waals surface area contributed by atoms with Crippen molar-refractivity contribution in [3.05, 3.63) is 0 Å². The minimum Gasteiger partial charge on any atom is -0.453 e. The molecule has 0 radical (unpaired) electrons. The molecule has 1 amide bonds. The Hall–Kier alpha value is -0.330. The first-order chi connectivity index (χ1) is 6.56. The molecule has 1 fully saturated rings. The van der Waals surface area contributed by atoms with Gasteiger partial charge in [-0.2, -0.15) is 0 Å². The summed E-state index contributed by atoms with van der Waals surface area (Å²) in [6, 6.07) is 0.0144. The summed E-state index contributed by atoms with van der Waals surface area (Å²) in [6.45, 7) is 2.25. The average Bonchev–Trinajstić information content (AvgIpc) is 2.46. The lowest BCUT2D eigenvalue weighted by Gasteiger charge is -2.23. The molecular weight excluding hydrogens is 297 g/mol. The van der Waals surface area contributed by atoms with Gasteiger partial charge in [-0.3, -0.25) is 4.79 Å². The van der Waals surface area contributed by atoms with Gasteiger partial charge in [-0.05, 0) is 13.3 Å². The molecule has 0 aliphatic carbocycles. The third kappa shape index (κ3) is 2.59. The lowest BCUT2D eigenvalue weighted by molar-refractivity contribution is -0.117. The normalized spacial score (nSPS) is 26.4. The summed E-state index contributed by atoms with van der Waals surface area (Å²) in [5.74, 6) is 0.118. The Labute approximate surface area is 97.1 Å². The Balaban J connectivity index is 2.66. The van der Waals surface area contributed by atoms with E-state index in [-0.39, 0.29) is 17.9 Å². The van der Waals surface area contributed by atoms with E-state index in [4.69, 9.17) is 0 Å². The molecule has 2 atom stereocenters. The predicted octanol–water partition coefficient (Wildman–Crippen LogP) is 1.61. The van der Waals surface area contributed by atoms with Gasteiger partial charge in [-0.15, -0.1) is 0 Å². The average molecular weight is 311 g/mol. The van der Waals surface area contributed by atoms with E-state index in [0.717, 1.165) is 6.42 Å². The highest BCUT2D eigenvalue weighted by atomic mass is 127. The predicted molar refractivity (Wildman–Crippen MR) is 60.6 cm³/mol. The number of nitrogens with zero attached hydrogens (tertiary/aromatic N) is 1. The van der Waals surface area contributed by atoms with Gasteiger partial charge in [0.15, 0.2) is 0 Å². The van der Waals surface area contributed by atoms with Crippen molar-refractivity contribution in [2.45, 2.75) is 29.7 Å². The largest absolute Gasteiger partial charge is 0.453 e. The van der Waals surface area contributed by atoms with E-state index >= 15 is 0 Å². The highest BCUT2D eigenvalue weighted by molar-refractivity contribution is 14.1. The van der Waals surface area contributed by atoms with Gasteiger partial charge >= 0.3 is 6.09 Å². The van der Waals surface area contributed by atoms with E-state index in [1.54, 1.807) is 11.8 Å². The van der Waals surface area contributed by atoms with Gasteiger partial charge in [0.2, 0.25) is 0 Å². The summed E-state index contributed by atoms with van der Waals surface area (Å²) >= 11 is 2.29. The molecule has 1 aliphatic rings. The Morgan fingerprint density at radius 3 is 2.71 bits per heavy atom. The van der Waals surface area contributed by atoms with Crippen molar-refractivity contribution >= 4 is 34.5 Å². The first kappa shape index (κ1) is 11.7. The van der Waals surface area contributed by atoms with Gasteiger partial charge in [-0.25, -0.2) is 4.79 Å². The fourth-order valence-electron chi connectivity index (χ4n) is 1.69. The van der Waals surface area contributed by atoms with Crippen LogP contribution in [0.5, 0.6) is 0 Å². The molecule has 4 nitrogen and oxygen atoms in total. The quantitative estimate of drug-likeness (QED) is 0.575. The van der Waals surface area contributed by atoms with Gasteiger partial charge in [-0.1, -0.05) is 22.6 Å². The first-order valence-electron chi connectivity index (χ1n) is 4.54. The van der Waals surface area contributed by atoms with Gasteiger partial charge in [0.1, 0.15) is 5.78 Å². The molecule has 1 heterocycles.